The van der Waals surface area contributed by atoms with Crippen LogP contribution in [0.3, 0.4) is 0 Å². The zero-order valence-corrected chi connectivity index (χ0v) is 20.5. The van der Waals surface area contributed by atoms with Gasteiger partial charge in [-0.3, -0.25) is 9.59 Å². The van der Waals surface area contributed by atoms with Crippen molar-refractivity contribution >= 4 is 11.8 Å². The number of benzene rings is 1. The summed E-state index contributed by atoms with van der Waals surface area (Å²) in [5, 5.41) is 6.38. The van der Waals surface area contributed by atoms with E-state index in [1.807, 2.05) is 6.92 Å². The zero-order chi connectivity index (χ0) is 28.5. The molecule has 0 aliphatic carbocycles. The Morgan fingerprint density at radius 2 is 1.69 bits per heavy atom. The topological polar surface area (TPSA) is 102 Å². The predicted octanol–water partition coefficient (Wildman–Crippen LogP) is 4.05. The molecule has 3 heterocycles. The van der Waals surface area contributed by atoms with E-state index in [9.17, 15) is 35.9 Å². The Bertz CT molecular complexity index is 1320. The molecule has 0 spiro atoms. The van der Waals surface area contributed by atoms with E-state index in [0.717, 1.165) is 6.33 Å². The van der Waals surface area contributed by atoms with Crippen LogP contribution < -0.4 is 5.32 Å². The van der Waals surface area contributed by atoms with Gasteiger partial charge >= 0.3 is 12.4 Å². The van der Waals surface area contributed by atoms with Gasteiger partial charge in [0, 0.05) is 24.8 Å². The van der Waals surface area contributed by atoms with Crippen molar-refractivity contribution in [1.29, 1.82) is 0 Å². The fourth-order valence-corrected chi connectivity index (χ4v) is 3.98. The van der Waals surface area contributed by atoms with Crippen LogP contribution in [-0.4, -0.2) is 62.3 Å². The van der Waals surface area contributed by atoms with Gasteiger partial charge < -0.3 is 15.0 Å². The Morgan fingerprint density at radius 3 is 2.26 bits per heavy atom. The van der Waals surface area contributed by atoms with E-state index in [4.69, 9.17) is 4.74 Å². The third-order valence-electron chi connectivity index (χ3n) is 5.90. The number of pyridine rings is 1. The first kappa shape index (κ1) is 28.0. The molecule has 1 fully saturated rings. The number of carbonyl (C=O) groups is 2. The summed E-state index contributed by atoms with van der Waals surface area (Å²) >= 11 is 0. The smallest absolute Gasteiger partial charge is 0.375 e. The summed E-state index contributed by atoms with van der Waals surface area (Å²) in [6.45, 7) is 4.57. The lowest BCUT2D eigenvalue weighted by Crippen LogP contribution is -2.44. The number of morpholine rings is 1. The normalized spacial score (nSPS) is 17.1. The largest absolute Gasteiger partial charge is 0.416 e. The average Bonchev–Trinajstić information content (AvgIpc) is 3.37. The van der Waals surface area contributed by atoms with Gasteiger partial charge in [0.1, 0.15) is 6.33 Å². The molecule has 9 nitrogen and oxygen atoms in total. The molecule has 0 saturated carbocycles. The van der Waals surface area contributed by atoms with E-state index in [1.54, 1.807) is 4.90 Å². The number of hydrogen-bond acceptors (Lipinski definition) is 6. The maximum atomic E-state index is 13.2. The maximum Gasteiger partial charge on any atom is 0.416 e. The molecule has 39 heavy (non-hydrogen) atoms. The van der Waals surface area contributed by atoms with Crippen molar-refractivity contribution in [2.24, 2.45) is 0 Å². The molecule has 2 amide bonds. The molecule has 0 bridgehead atoms. The van der Waals surface area contributed by atoms with Gasteiger partial charge in [-0.05, 0) is 44.2 Å². The molecule has 1 saturated heterocycles. The second kappa shape index (κ2) is 10.6. The molecule has 1 aromatic carbocycles. The van der Waals surface area contributed by atoms with Crippen molar-refractivity contribution in [3.05, 3.63) is 70.9 Å². The number of alkyl halides is 6. The molecule has 4 rings (SSSR count). The van der Waals surface area contributed by atoms with E-state index in [0.29, 0.717) is 37.4 Å². The van der Waals surface area contributed by atoms with Crippen LogP contribution in [0.25, 0.3) is 5.82 Å². The van der Waals surface area contributed by atoms with Crippen molar-refractivity contribution < 1.29 is 40.7 Å². The molecular weight excluding hydrogens is 534 g/mol. The van der Waals surface area contributed by atoms with Crippen LogP contribution in [0.1, 0.15) is 57.6 Å². The summed E-state index contributed by atoms with van der Waals surface area (Å²) < 4.78 is 85.7. The standard InChI is InChI=1S/C24H22F6N6O3/c1-13-11-35(5-6-39-13)22(38)15-3-4-19(31-10-15)36-20(32-12-33-36)14(2)34-21(37)16-7-17(23(25,26)27)9-18(8-16)24(28,29)30/h3-4,7-10,12-14H,5-6,11H2,1-2H3,(H,34,37)/t13-,14+/m1/s1. The number of rotatable bonds is 5. The van der Waals surface area contributed by atoms with Crippen molar-refractivity contribution in [1.82, 2.24) is 30.0 Å². The van der Waals surface area contributed by atoms with Gasteiger partial charge in [0.2, 0.25) is 0 Å². The fraction of sp³-hybridized carbons (Fsp3) is 0.375. The van der Waals surface area contributed by atoms with Crippen LogP contribution in [0, 0.1) is 0 Å². The van der Waals surface area contributed by atoms with Gasteiger partial charge in [-0.2, -0.15) is 36.1 Å². The van der Waals surface area contributed by atoms with Crippen LogP contribution in [0.15, 0.2) is 42.9 Å². The lowest BCUT2D eigenvalue weighted by molar-refractivity contribution is -0.143. The summed E-state index contributed by atoms with van der Waals surface area (Å²) in [5.41, 5.74) is -3.72. The van der Waals surface area contributed by atoms with E-state index in [2.05, 4.69) is 20.4 Å². The third-order valence-corrected chi connectivity index (χ3v) is 5.90. The van der Waals surface area contributed by atoms with Crippen LogP contribution >= 0.6 is 0 Å². The van der Waals surface area contributed by atoms with Gasteiger partial charge in [0.15, 0.2) is 11.6 Å². The van der Waals surface area contributed by atoms with Gasteiger partial charge in [-0.1, -0.05) is 0 Å². The highest BCUT2D eigenvalue weighted by Gasteiger charge is 2.37. The molecule has 0 unspecified atom stereocenters. The van der Waals surface area contributed by atoms with E-state index in [1.165, 1.54) is 29.9 Å². The second-order valence-electron chi connectivity index (χ2n) is 8.86. The Balaban J connectivity index is 1.53. The number of hydrogen-bond donors (Lipinski definition) is 1. The maximum absolute atomic E-state index is 13.2. The minimum atomic E-state index is -5.10. The SMILES string of the molecule is C[C@@H]1CN(C(=O)c2ccc(-n3ncnc3[C@H](C)NC(=O)c3cc(C(F)(F)F)cc(C(F)(F)F)c3)nc2)CCO1. The van der Waals surface area contributed by atoms with Crippen LogP contribution in [-0.2, 0) is 17.1 Å². The number of halogens is 6. The second-order valence-corrected chi connectivity index (χ2v) is 8.86. The quantitative estimate of drug-likeness (QED) is 0.476. The molecule has 1 N–H and O–H groups in total. The minimum absolute atomic E-state index is 0.0590. The van der Waals surface area contributed by atoms with Gasteiger partial charge in [0.25, 0.3) is 11.8 Å². The average molecular weight is 556 g/mol. The minimum Gasteiger partial charge on any atom is -0.375 e. The molecule has 208 valence electrons. The molecule has 15 heteroatoms. The van der Waals surface area contributed by atoms with E-state index >= 15 is 0 Å². The lowest BCUT2D eigenvalue weighted by Gasteiger charge is -2.31. The van der Waals surface area contributed by atoms with E-state index in [-0.39, 0.29) is 29.7 Å². The van der Waals surface area contributed by atoms with Crippen LogP contribution in [0.5, 0.6) is 0 Å². The molecule has 1 aliphatic heterocycles. The molecule has 2 aromatic heterocycles. The number of ether oxygens (including phenoxy) is 1. The number of carbonyl (C=O) groups excluding carboxylic acids is 2. The fourth-order valence-electron chi connectivity index (χ4n) is 3.98. The zero-order valence-electron chi connectivity index (χ0n) is 20.5. The lowest BCUT2D eigenvalue weighted by atomic mass is 10.0. The number of amides is 2. The Morgan fingerprint density at radius 1 is 1.03 bits per heavy atom. The Kier molecular flexibility index (Phi) is 7.63. The van der Waals surface area contributed by atoms with Crippen LogP contribution in [0.2, 0.25) is 0 Å². The van der Waals surface area contributed by atoms with Crippen LogP contribution in [0.4, 0.5) is 26.3 Å². The van der Waals surface area contributed by atoms with Crippen molar-refractivity contribution in [2.45, 2.75) is 38.3 Å². The van der Waals surface area contributed by atoms with Gasteiger partial charge in [0.05, 0.1) is 35.4 Å². The summed E-state index contributed by atoms with van der Waals surface area (Å²) in [6, 6.07) is 2.65. The Hall–Kier alpha value is -4.01. The molecule has 1 aliphatic rings. The molecule has 0 radical (unpaired) electrons. The van der Waals surface area contributed by atoms with Crippen molar-refractivity contribution in [3.63, 3.8) is 0 Å². The summed E-state index contributed by atoms with van der Waals surface area (Å²) in [5.74, 6) is -1.10. The first-order valence-electron chi connectivity index (χ1n) is 11.6. The highest BCUT2D eigenvalue weighted by molar-refractivity contribution is 5.95. The van der Waals surface area contributed by atoms with E-state index < -0.39 is 41.0 Å². The molecule has 3 aromatic rings. The third kappa shape index (κ3) is 6.35. The summed E-state index contributed by atoms with van der Waals surface area (Å²) in [6.07, 6.45) is -7.81. The summed E-state index contributed by atoms with van der Waals surface area (Å²) in [4.78, 5) is 35.3. The van der Waals surface area contributed by atoms with Gasteiger partial charge in [-0.25, -0.2) is 9.97 Å². The van der Waals surface area contributed by atoms with Crippen molar-refractivity contribution in [2.75, 3.05) is 19.7 Å². The highest BCUT2D eigenvalue weighted by atomic mass is 19.4. The highest BCUT2D eigenvalue weighted by Crippen LogP contribution is 2.36. The number of nitrogens with zero attached hydrogens (tertiary/aromatic N) is 5. The number of nitrogens with one attached hydrogen (secondary N) is 1. The van der Waals surface area contributed by atoms with Crippen molar-refractivity contribution in [3.8, 4) is 5.82 Å². The molecule has 2 atom stereocenters. The summed E-state index contributed by atoms with van der Waals surface area (Å²) in [7, 11) is 0. The first-order valence-corrected chi connectivity index (χ1v) is 11.6. The molecular formula is C24H22F6N6O3. The predicted molar refractivity (Wildman–Crippen MR) is 123 cm³/mol. The Labute approximate surface area is 217 Å². The number of aromatic nitrogens is 4. The first-order chi connectivity index (χ1) is 18.2. The monoisotopic (exact) mass is 556 g/mol. The van der Waals surface area contributed by atoms with Gasteiger partial charge in [-0.15, -0.1) is 0 Å².